The maximum absolute atomic E-state index is 13.2. The van der Waals surface area contributed by atoms with Gasteiger partial charge in [-0.1, -0.05) is 35.3 Å². The molecule has 0 aliphatic carbocycles. The molecule has 0 heterocycles. The Kier molecular flexibility index (Phi) is 7.52. The van der Waals surface area contributed by atoms with Crippen LogP contribution in [0.5, 0.6) is 5.75 Å². The van der Waals surface area contributed by atoms with Crippen molar-refractivity contribution in [3.8, 4) is 5.75 Å². The maximum Gasteiger partial charge on any atom is 0.270 e. The van der Waals surface area contributed by atoms with E-state index in [0.29, 0.717) is 10.8 Å². The van der Waals surface area contributed by atoms with Gasteiger partial charge in [0.05, 0.1) is 33.9 Å². The smallest absolute Gasteiger partial charge is 0.270 e. The first kappa shape index (κ1) is 24.0. The Labute approximate surface area is 199 Å². The van der Waals surface area contributed by atoms with Gasteiger partial charge in [-0.2, -0.15) is 0 Å². The molecule has 0 aromatic heterocycles. The van der Waals surface area contributed by atoms with Crippen molar-refractivity contribution in [3.63, 3.8) is 0 Å². The van der Waals surface area contributed by atoms with Gasteiger partial charge in [0, 0.05) is 36.3 Å². The molecule has 0 saturated heterocycles. The van der Waals surface area contributed by atoms with Crippen LogP contribution in [0.1, 0.15) is 26.3 Å². The molecule has 3 rings (SSSR count). The normalized spacial score (nSPS) is 10.4. The molecule has 3 aromatic carbocycles. The number of benzene rings is 3. The van der Waals surface area contributed by atoms with Crippen molar-refractivity contribution in [3.05, 3.63) is 97.5 Å². The van der Waals surface area contributed by atoms with E-state index in [2.05, 4.69) is 5.32 Å². The number of carbonyl (C=O) groups excluding carboxylic acids is 2. The van der Waals surface area contributed by atoms with Gasteiger partial charge in [0.2, 0.25) is 0 Å². The monoisotopic (exact) mass is 487 g/mol. The summed E-state index contributed by atoms with van der Waals surface area (Å²) in [5, 5.41) is 14.0. The molecule has 170 valence electrons. The first-order valence-electron chi connectivity index (χ1n) is 9.63. The fourth-order valence-corrected chi connectivity index (χ4v) is 3.63. The lowest BCUT2D eigenvalue weighted by Crippen LogP contribution is -2.28. The van der Waals surface area contributed by atoms with Crippen molar-refractivity contribution in [2.75, 3.05) is 19.5 Å². The number of rotatable bonds is 7. The second kappa shape index (κ2) is 10.3. The third-order valence-corrected chi connectivity index (χ3v) is 5.36. The van der Waals surface area contributed by atoms with Crippen LogP contribution in [0.25, 0.3) is 0 Å². The van der Waals surface area contributed by atoms with Crippen LogP contribution in [-0.2, 0) is 6.54 Å². The number of anilines is 1. The van der Waals surface area contributed by atoms with Crippen LogP contribution in [0.3, 0.4) is 0 Å². The molecule has 0 aliphatic heterocycles. The summed E-state index contributed by atoms with van der Waals surface area (Å²) < 4.78 is 5.34. The van der Waals surface area contributed by atoms with Gasteiger partial charge in [-0.25, -0.2) is 0 Å². The molecule has 0 saturated carbocycles. The molecule has 0 radical (unpaired) electrons. The number of nitro groups is 1. The predicted octanol–water partition coefficient (Wildman–Crippen LogP) is 5.43. The molecule has 1 N–H and O–H groups in total. The van der Waals surface area contributed by atoms with E-state index in [1.807, 2.05) is 0 Å². The number of hydrogen-bond acceptors (Lipinski definition) is 5. The number of non-ortho nitro benzene ring substituents is 1. The van der Waals surface area contributed by atoms with Gasteiger partial charge in [-0.15, -0.1) is 0 Å². The number of nitro benzene ring substituents is 1. The third kappa shape index (κ3) is 5.60. The Hall–Kier alpha value is -3.62. The summed E-state index contributed by atoms with van der Waals surface area (Å²) >= 11 is 12.1. The van der Waals surface area contributed by atoms with Crippen LogP contribution in [0.4, 0.5) is 11.4 Å². The largest absolute Gasteiger partial charge is 0.496 e. The standard InChI is InChI=1S/C23H19Cl2N3O5/c1-27(13-14-11-15(24)7-10-21(14)33-2)23(30)18-5-3-4-6-20(18)26-22(29)17-9-8-16(28(31)32)12-19(17)25/h3-12H,13H2,1-2H3,(H,26,29). The van der Waals surface area contributed by atoms with E-state index >= 15 is 0 Å². The van der Waals surface area contributed by atoms with E-state index in [1.54, 1.807) is 49.5 Å². The molecule has 0 fully saturated rings. The summed E-state index contributed by atoms with van der Waals surface area (Å²) in [6.45, 7) is 0.221. The van der Waals surface area contributed by atoms with Gasteiger partial charge < -0.3 is 15.0 Å². The van der Waals surface area contributed by atoms with Gasteiger partial charge in [0.15, 0.2) is 0 Å². The van der Waals surface area contributed by atoms with Crippen molar-refractivity contribution in [1.29, 1.82) is 0 Å². The van der Waals surface area contributed by atoms with Crippen molar-refractivity contribution < 1.29 is 19.2 Å². The van der Waals surface area contributed by atoms with Crippen LogP contribution in [-0.4, -0.2) is 35.8 Å². The van der Waals surface area contributed by atoms with E-state index in [9.17, 15) is 19.7 Å². The number of hydrogen-bond donors (Lipinski definition) is 1. The van der Waals surface area contributed by atoms with Crippen molar-refractivity contribution >= 4 is 46.4 Å². The quantitative estimate of drug-likeness (QED) is 0.353. The van der Waals surface area contributed by atoms with Crippen molar-refractivity contribution in [2.24, 2.45) is 0 Å². The van der Waals surface area contributed by atoms with Crippen LogP contribution in [0.2, 0.25) is 10.0 Å². The molecule has 2 amide bonds. The van der Waals surface area contributed by atoms with Gasteiger partial charge >= 0.3 is 0 Å². The minimum absolute atomic E-state index is 0.0431. The number of amides is 2. The van der Waals surface area contributed by atoms with E-state index in [-0.39, 0.29) is 40.0 Å². The first-order chi connectivity index (χ1) is 15.7. The Morgan fingerprint density at radius 1 is 1.06 bits per heavy atom. The van der Waals surface area contributed by atoms with Crippen LogP contribution in [0.15, 0.2) is 60.7 Å². The molecule has 33 heavy (non-hydrogen) atoms. The topological polar surface area (TPSA) is 102 Å². The van der Waals surface area contributed by atoms with Crippen LogP contribution in [0, 0.1) is 10.1 Å². The van der Waals surface area contributed by atoms with E-state index < -0.39 is 10.8 Å². The molecule has 0 atom stereocenters. The Balaban J connectivity index is 1.83. The minimum atomic E-state index is -0.605. The molecule has 0 bridgehead atoms. The maximum atomic E-state index is 13.2. The van der Waals surface area contributed by atoms with Gasteiger partial charge in [0.1, 0.15) is 5.75 Å². The van der Waals surface area contributed by atoms with Gasteiger partial charge in [0.25, 0.3) is 17.5 Å². The lowest BCUT2D eigenvalue weighted by atomic mass is 10.1. The van der Waals surface area contributed by atoms with Crippen LogP contribution < -0.4 is 10.1 Å². The Morgan fingerprint density at radius 3 is 2.45 bits per heavy atom. The molecule has 3 aromatic rings. The summed E-state index contributed by atoms with van der Waals surface area (Å²) in [7, 11) is 3.15. The molecule has 0 unspecified atom stereocenters. The SMILES string of the molecule is COc1ccc(Cl)cc1CN(C)C(=O)c1ccccc1NC(=O)c1ccc([N+](=O)[O-])cc1Cl. The minimum Gasteiger partial charge on any atom is -0.496 e. The lowest BCUT2D eigenvalue weighted by molar-refractivity contribution is -0.384. The zero-order valence-corrected chi connectivity index (χ0v) is 19.2. The number of carbonyl (C=O) groups is 2. The van der Waals surface area contributed by atoms with Crippen molar-refractivity contribution in [1.82, 2.24) is 4.90 Å². The Morgan fingerprint density at radius 2 is 1.79 bits per heavy atom. The van der Waals surface area contributed by atoms with E-state index in [0.717, 1.165) is 11.6 Å². The average molecular weight is 488 g/mol. The fraction of sp³-hybridized carbons (Fsp3) is 0.130. The predicted molar refractivity (Wildman–Crippen MR) is 126 cm³/mol. The fourth-order valence-electron chi connectivity index (χ4n) is 3.17. The van der Waals surface area contributed by atoms with Crippen LogP contribution >= 0.6 is 23.2 Å². The number of nitrogens with zero attached hydrogens (tertiary/aromatic N) is 2. The molecule has 10 heteroatoms. The van der Waals surface area contributed by atoms with Gasteiger partial charge in [-0.05, 0) is 36.4 Å². The number of para-hydroxylation sites is 1. The zero-order valence-electron chi connectivity index (χ0n) is 17.7. The third-order valence-electron chi connectivity index (χ3n) is 4.81. The van der Waals surface area contributed by atoms with E-state index in [4.69, 9.17) is 27.9 Å². The molecular formula is C23H19Cl2N3O5. The summed E-state index contributed by atoms with van der Waals surface area (Å²) in [6, 6.07) is 15.2. The Bertz CT molecular complexity index is 1230. The zero-order chi connectivity index (χ0) is 24.1. The average Bonchev–Trinajstić information content (AvgIpc) is 2.78. The molecular weight excluding hydrogens is 469 g/mol. The lowest BCUT2D eigenvalue weighted by Gasteiger charge is -2.21. The summed E-state index contributed by atoms with van der Waals surface area (Å²) in [6.07, 6.45) is 0. The number of ether oxygens (including phenoxy) is 1. The number of nitrogens with one attached hydrogen (secondary N) is 1. The highest BCUT2D eigenvalue weighted by Crippen LogP contribution is 2.27. The second-order valence-electron chi connectivity index (χ2n) is 7.04. The highest BCUT2D eigenvalue weighted by atomic mass is 35.5. The molecule has 8 nitrogen and oxygen atoms in total. The summed E-state index contributed by atoms with van der Waals surface area (Å²) in [5.74, 6) is -0.356. The van der Waals surface area contributed by atoms with Crippen molar-refractivity contribution in [2.45, 2.75) is 6.54 Å². The highest BCUT2D eigenvalue weighted by Gasteiger charge is 2.20. The summed E-state index contributed by atoms with van der Waals surface area (Å²) in [4.78, 5) is 37.7. The number of halogens is 2. The van der Waals surface area contributed by atoms with Gasteiger partial charge in [-0.3, -0.25) is 19.7 Å². The first-order valence-corrected chi connectivity index (χ1v) is 10.4. The summed E-state index contributed by atoms with van der Waals surface area (Å²) in [5.41, 5.74) is 1.06. The second-order valence-corrected chi connectivity index (χ2v) is 7.88. The number of methoxy groups -OCH3 is 1. The molecule has 0 spiro atoms. The van der Waals surface area contributed by atoms with E-state index in [1.165, 1.54) is 24.1 Å². The highest BCUT2D eigenvalue weighted by molar-refractivity contribution is 6.34. The molecule has 0 aliphatic rings.